The maximum absolute atomic E-state index is 13.0. The van der Waals surface area contributed by atoms with Crippen LogP contribution >= 0.6 is 0 Å². The summed E-state index contributed by atoms with van der Waals surface area (Å²) >= 11 is 0. The van der Waals surface area contributed by atoms with Crippen LogP contribution in [0.3, 0.4) is 0 Å². The summed E-state index contributed by atoms with van der Waals surface area (Å²) in [6, 6.07) is 1.50. The van der Waals surface area contributed by atoms with E-state index >= 15 is 0 Å². The number of nitrogen functional groups attached to an aromatic ring is 1. The van der Waals surface area contributed by atoms with Gasteiger partial charge >= 0.3 is 6.18 Å². The molecule has 0 spiro atoms. The second kappa shape index (κ2) is 5.40. The van der Waals surface area contributed by atoms with Gasteiger partial charge in [0.1, 0.15) is 5.82 Å². The Morgan fingerprint density at radius 2 is 2.05 bits per heavy atom. The minimum Gasteiger partial charge on any atom is -0.394 e. The van der Waals surface area contributed by atoms with Gasteiger partial charge in [0.25, 0.3) is 0 Å². The molecular formula is C12H18F3N3O. The van der Waals surface area contributed by atoms with Crippen molar-refractivity contribution in [3.8, 4) is 0 Å². The van der Waals surface area contributed by atoms with Gasteiger partial charge in [-0.3, -0.25) is 0 Å². The van der Waals surface area contributed by atoms with Gasteiger partial charge in [-0.15, -0.1) is 0 Å². The molecule has 1 aromatic heterocycles. The molecule has 108 valence electrons. The molecule has 1 aliphatic carbocycles. The summed E-state index contributed by atoms with van der Waals surface area (Å²) < 4.78 is 40.4. The Hall–Kier alpha value is -1.24. The number of hydrogen-bond acceptors (Lipinski definition) is 3. The molecule has 0 amide bonds. The third-order valence-corrected chi connectivity index (χ3v) is 3.71. The SMILES string of the molecule is Nc1cc(C2CCCCC2C(F)(F)F)nn1CCO. The lowest BCUT2D eigenvalue weighted by Gasteiger charge is -2.31. The summed E-state index contributed by atoms with van der Waals surface area (Å²) in [5.41, 5.74) is 6.09. The highest BCUT2D eigenvalue weighted by Crippen LogP contribution is 2.46. The largest absolute Gasteiger partial charge is 0.394 e. The number of nitrogens with zero attached hydrogens (tertiary/aromatic N) is 2. The fourth-order valence-electron chi connectivity index (χ4n) is 2.78. The lowest BCUT2D eigenvalue weighted by atomic mass is 9.77. The van der Waals surface area contributed by atoms with Gasteiger partial charge in [0.15, 0.2) is 0 Å². The molecule has 1 saturated carbocycles. The van der Waals surface area contributed by atoms with Gasteiger partial charge in [0.05, 0.1) is 24.8 Å². The number of aromatic nitrogens is 2. The molecule has 2 atom stereocenters. The summed E-state index contributed by atoms with van der Waals surface area (Å²) in [6.07, 6.45) is -2.17. The van der Waals surface area contributed by atoms with Gasteiger partial charge in [-0.2, -0.15) is 18.3 Å². The first kappa shape index (κ1) is 14.2. The Labute approximate surface area is 109 Å². The second-order valence-electron chi connectivity index (χ2n) is 4.98. The van der Waals surface area contributed by atoms with E-state index in [0.29, 0.717) is 24.4 Å². The van der Waals surface area contributed by atoms with E-state index in [-0.39, 0.29) is 19.6 Å². The van der Waals surface area contributed by atoms with Crippen LogP contribution in [0.4, 0.5) is 19.0 Å². The predicted molar refractivity (Wildman–Crippen MR) is 64.5 cm³/mol. The summed E-state index contributed by atoms with van der Waals surface area (Å²) in [5.74, 6) is -1.65. The minimum absolute atomic E-state index is 0.140. The smallest absolute Gasteiger partial charge is 0.392 e. The van der Waals surface area contributed by atoms with Crippen molar-refractivity contribution in [2.45, 2.75) is 44.3 Å². The predicted octanol–water partition coefficient (Wildman–Crippen LogP) is 2.29. The van der Waals surface area contributed by atoms with Crippen molar-refractivity contribution in [3.63, 3.8) is 0 Å². The third-order valence-electron chi connectivity index (χ3n) is 3.71. The van der Waals surface area contributed by atoms with E-state index in [1.54, 1.807) is 0 Å². The highest BCUT2D eigenvalue weighted by molar-refractivity contribution is 5.33. The van der Waals surface area contributed by atoms with Crippen LogP contribution in [0.1, 0.15) is 37.3 Å². The van der Waals surface area contributed by atoms with Crippen molar-refractivity contribution < 1.29 is 18.3 Å². The second-order valence-corrected chi connectivity index (χ2v) is 4.98. The number of aliphatic hydroxyl groups excluding tert-OH is 1. The van der Waals surface area contributed by atoms with Crippen LogP contribution in [-0.4, -0.2) is 27.7 Å². The Morgan fingerprint density at radius 1 is 1.37 bits per heavy atom. The number of nitrogens with two attached hydrogens (primary N) is 1. The molecule has 1 heterocycles. The van der Waals surface area contributed by atoms with Gasteiger partial charge in [0, 0.05) is 12.0 Å². The van der Waals surface area contributed by atoms with Crippen molar-refractivity contribution in [2.24, 2.45) is 5.92 Å². The summed E-state index contributed by atoms with van der Waals surface area (Å²) in [5, 5.41) is 13.0. The maximum Gasteiger partial charge on any atom is 0.392 e. The molecule has 2 unspecified atom stereocenters. The Morgan fingerprint density at radius 3 is 2.68 bits per heavy atom. The maximum atomic E-state index is 13.0. The number of rotatable bonds is 3. The summed E-state index contributed by atoms with van der Waals surface area (Å²) in [6.45, 7) is 0.0634. The zero-order valence-electron chi connectivity index (χ0n) is 10.5. The Kier molecular flexibility index (Phi) is 4.03. The number of alkyl halides is 3. The van der Waals surface area contributed by atoms with Crippen LogP contribution in [0.2, 0.25) is 0 Å². The van der Waals surface area contributed by atoms with Crippen molar-refractivity contribution >= 4 is 5.82 Å². The summed E-state index contributed by atoms with van der Waals surface area (Å²) in [4.78, 5) is 0. The van der Waals surface area contributed by atoms with Crippen molar-refractivity contribution in [3.05, 3.63) is 11.8 Å². The number of halogens is 3. The molecule has 2 rings (SSSR count). The molecule has 1 aliphatic rings. The molecular weight excluding hydrogens is 259 g/mol. The van der Waals surface area contributed by atoms with E-state index in [4.69, 9.17) is 10.8 Å². The van der Waals surface area contributed by atoms with E-state index in [0.717, 1.165) is 6.42 Å². The third kappa shape index (κ3) is 3.02. The van der Waals surface area contributed by atoms with Gasteiger partial charge in [-0.25, -0.2) is 4.68 Å². The van der Waals surface area contributed by atoms with Crippen LogP contribution in [0.5, 0.6) is 0 Å². The highest BCUT2D eigenvalue weighted by Gasteiger charge is 2.46. The fraction of sp³-hybridized carbons (Fsp3) is 0.750. The molecule has 3 N–H and O–H groups in total. The molecule has 0 aromatic carbocycles. The molecule has 1 fully saturated rings. The quantitative estimate of drug-likeness (QED) is 0.891. The normalized spacial score (nSPS) is 24.6. The molecule has 0 radical (unpaired) electrons. The number of hydrogen-bond donors (Lipinski definition) is 2. The zero-order valence-corrected chi connectivity index (χ0v) is 10.5. The van der Waals surface area contributed by atoms with Crippen LogP contribution in [0.25, 0.3) is 0 Å². The van der Waals surface area contributed by atoms with Gasteiger partial charge < -0.3 is 10.8 Å². The lowest BCUT2D eigenvalue weighted by Crippen LogP contribution is -2.31. The van der Waals surface area contributed by atoms with E-state index in [1.807, 2.05) is 0 Å². The van der Waals surface area contributed by atoms with E-state index < -0.39 is 18.0 Å². The zero-order chi connectivity index (χ0) is 14.0. The van der Waals surface area contributed by atoms with E-state index in [1.165, 1.54) is 10.7 Å². The first-order valence-electron chi connectivity index (χ1n) is 6.44. The fourth-order valence-corrected chi connectivity index (χ4v) is 2.78. The van der Waals surface area contributed by atoms with Gasteiger partial charge in [0.2, 0.25) is 0 Å². The molecule has 0 aliphatic heterocycles. The monoisotopic (exact) mass is 277 g/mol. The van der Waals surface area contributed by atoms with Crippen molar-refractivity contribution in [1.29, 1.82) is 0 Å². The first-order chi connectivity index (χ1) is 8.93. The van der Waals surface area contributed by atoms with E-state index in [9.17, 15) is 13.2 Å². The number of anilines is 1. The average molecular weight is 277 g/mol. The Balaban J connectivity index is 2.25. The van der Waals surface area contributed by atoms with Crippen molar-refractivity contribution in [1.82, 2.24) is 9.78 Å². The first-order valence-corrected chi connectivity index (χ1v) is 6.44. The molecule has 0 bridgehead atoms. The van der Waals surface area contributed by atoms with Crippen LogP contribution in [0, 0.1) is 5.92 Å². The van der Waals surface area contributed by atoms with Crippen LogP contribution in [-0.2, 0) is 6.54 Å². The molecule has 7 heteroatoms. The molecule has 0 saturated heterocycles. The van der Waals surface area contributed by atoms with Gasteiger partial charge in [-0.05, 0) is 12.8 Å². The van der Waals surface area contributed by atoms with E-state index in [2.05, 4.69) is 5.10 Å². The van der Waals surface area contributed by atoms with Gasteiger partial charge in [-0.1, -0.05) is 12.8 Å². The average Bonchev–Trinajstić information content (AvgIpc) is 2.70. The molecule has 4 nitrogen and oxygen atoms in total. The van der Waals surface area contributed by atoms with Crippen LogP contribution < -0.4 is 5.73 Å². The lowest BCUT2D eigenvalue weighted by molar-refractivity contribution is -0.187. The van der Waals surface area contributed by atoms with Crippen LogP contribution in [0.15, 0.2) is 6.07 Å². The number of aliphatic hydroxyl groups is 1. The topological polar surface area (TPSA) is 64.1 Å². The molecule has 19 heavy (non-hydrogen) atoms. The van der Waals surface area contributed by atoms with Crippen molar-refractivity contribution in [2.75, 3.05) is 12.3 Å². The minimum atomic E-state index is -4.19. The molecule has 1 aromatic rings. The highest BCUT2D eigenvalue weighted by atomic mass is 19.4. The standard InChI is InChI=1S/C12H18F3N3O/c13-12(14,15)9-4-2-1-3-8(9)10-7-11(16)18(17-10)5-6-19/h7-9,19H,1-6,16H2. The Bertz CT molecular complexity index is 430. The summed E-state index contributed by atoms with van der Waals surface area (Å²) in [7, 11) is 0.